The molecule has 100 valence electrons. The summed E-state index contributed by atoms with van der Waals surface area (Å²) in [5.41, 5.74) is 7.45. The molecule has 0 aliphatic rings. The molecule has 0 spiro atoms. The van der Waals surface area contributed by atoms with Crippen LogP contribution in [-0.4, -0.2) is 28.9 Å². The van der Waals surface area contributed by atoms with Gasteiger partial charge in [0.1, 0.15) is 6.10 Å². The van der Waals surface area contributed by atoms with Crippen molar-refractivity contribution in [3.05, 3.63) is 29.3 Å². The standard InChI is InChI=1S/C13H19NO4/c1-3-18-12(16)7-11(15)13(17)10-6-9(14)5-4-8(10)2/h4-6,11,13,15,17H,3,7,14H2,1-2H3. The van der Waals surface area contributed by atoms with Gasteiger partial charge in [-0.2, -0.15) is 0 Å². The molecule has 0 heterocycles. The molecule has 1 aromatic carbocycles. The first kappa shape index (κ1) is 14.5. The van der Waals surface area contributed by atoms with Crippen molar-refractivity contribution in [3.8, 4) is 0 Å². The van der Waals surface area contributed by atoms with Crippen LogP contribution in [0.2, 0.25) is 0 Å². The number of anilines is 1. The molecule has 2 atom stereocenters. The number of aliphatic hydroxyl groups is 2. The molecule has 0 bridgehead atoms. The Kier molecular flexibility index (Phi) is 5.12. The number of carbonyl (C=O) groups is 1. The van der Waals surface area contributed by atoms with E-state index in [2.05, 4.69) is 0 Å². The average molecular weight is 253 g/mol. The topological polar surface area (TPSA) is 92.8 Å². The maximum Gasteiger partial charge on any atom is 0.308 e. The lowest BCUT2D eigenvalue weighted by atomic mass is 9.97. The highest BCUT2D eigenvalue weighted by Crippen LogP contribution is 2.24. The zero-order valence-electron chi connectivity index (χ0n) is 10.6. The molecule has 0 saturated carbocycles. The van der Waals surface area contributed by atoms with E-state index >= 15 is 0 Å². The van der Waals surface area contributed by atoms with E-state index in [9.17, 15) is 15.0 Å². The molecule has 4 N–H and O–H groups in total. The van der Waals surface area contributed by atoms with Gasteiger partial charge in [-0.3, -0.25) is 4.79 Å². The van der Waals surface area contributed by atoms with Gasteiger partial charge in [-0.25, -0.2) is 0 Å². The Morgan fingerprint density at radius 1 is 1.44 bits per heavy atom. The Morgan fingerprint density at radius 3 is 2.72 bits per heavy atom. The van der Waals surface area contributed by atoms with Crippen LogP contribution in [0.1, 0.15) is 30.6 Å². The fourth-order valence-corrected chi connectivity index (χ4v) is 1.69. The summed E-state index contributed by atoms with van der Waals surface area (Å²) in [5.74, 6) is -0.536. The SMILES string of the molecule is CCOC(=O)CC(O)C(O)c1cc(N)ccc1C. The normalized spacial score (nSPS) is 14.0. The summed E-state index contributed by atoms with van der Waals surface area (Å²) in [7, 11) is 0. The molecular weight excluding hydrogens is 234 g/mol. The molecule has 0 aliphatic carbocycles. The molecule has 5 heteroatoms. The van der Waals surface area contributed by atoms with Crippen LogP contribution in [0.15, 0.2) is 18.2 Å². The third kappa shape index (κ3) is 3.72. The van der Waals surface area contributed by atoms with Crippen LogP contribution in [0, 0.1) is 6.92 Å². The Labute approximate surface area is 106 Å². The zero-order chi connectivity index (χ0) is 13.7. The van der Waals surface area contributed by atoms with Gasteiger partial charge in [-0.05, 0) is 37.1 Å². The van der Waals surface area contributed by atoms with Crippen molar-refractivity contribution < 1.29 is 19.7 Å². The molecule has 0 radical (unpaired) electrons. The molecule has 1 rings (SSSR count). The van der Waals surface area contributed by atoms with E-state index in [4.69, 9.17) is 10.5 Å². The predicted octanol–water partition coefficient (Wildman–Crippen LogP) is 0.925. The van der Waals surface area contributed by atoms with Crippen LogP contribution in [0.3, 0.4) is 0 Å². The Bertz CT molecular complexity index is 419. The minimum Gasteiger partial charge on any atom is -0.466 e. The molecule has 5 nitrogen and oxygen atoms in total. The number of hydrogen-bond acceptors (Lipinski definition) is 5. The Balaban J connectivity index is 2.76. The number of nitrogens with two attached hydrogens (primary N) is 1. The maximum atomic E-state index is 11.2. The van der Waals surface area contributed by atoms with E-state index < -0.39 is 18.2 Å². The van der Waals surface area contributed by atoms with Crippen molar-refractivity contribution in [2.45, 2.75) is 32.5 Å². The summed E-state index contributed by atoms with van der Waals surface area (Å²) in [6.07, 6.45) is -2.61. The fraction of sp³-hybridized carbons (Fsp3) is 0.462. The lowest BCUT2D eigenvalue weighted by Gasteiger charge is -2.19. The van der Waals surface area contributed by atoms with E-state index in [1.807, 2.05) is 0 Å². The second kappa shape index (κ2) is 6.37. The van der Waals surface area contributed by atoms with E-state index in [-0.39, 0.29) is 13.0 Å². The van der Waals surface area contributed by atoms with E-state index in [1.165, 1.54) is 0 Å². The zero-order valence-corrected chi connectivity index (χ0v) is 10.6. The summed E-state index contributed by atoms with van der Waals surface area (Å²) in [5, 5.41) is 19.8. The van der Waals surface area contributed by atoms with Gasteiger partial charge in [0.2, 0.25) is 0 Å². The molecule has 18 heavy (non-hydrogen) atoms. The highest BCUT2D eigenvalue weighted by atomic mass is 16.5. The molecule has 1 aromatic rings. The molecule has 2 unspecified atom stereocenters. The minimum atomic E-state index is -1.20. The molecule has 0 fully saturated rings. The van der Waals surface area contributed by atoms with Crippen LogP contribution >= 0.6 is 0 Å². The summed E-state index contributed by atoms with van der Waals surface area (Å²) in [4.78, 5) is 11.2. The quantitative estimate of drug-likeness (QED) is 0.536. The van der Waals surface area contributed by atoms with Gasteiger partial charge in [0.05, 0.1) is 19.1 Å². The number of nitrogen functional groups attached to an aromatic ring is 1. The van der Waals surface area contributed by atoms with Gasteiger partial charge >= 0.3 is 5.97 Å². The first-order chi connectivity index (χ1) is 8.45. The maximum absolute atomic E-state index is 11.2. The third-order valence-electron chi connectivity index (χ3n) is 2.67. The van der Waals surface area contributed by atoms with Gasteiger partial charge in [0, 0.05) is 5.69 Å². The number of hydrogen-bond donors (Lipinski definition) is 3. The van der Waals surface area contributed by atoms with Crippen molar-refractivity contribution >= 4 is 11.7 Å². The second-order valence-corrected chi connectivity index (χ2v) is 4.14. The van der Waals surface area contributed by atoms with Crippen molar-refractivity contribution in [3.63, 3.8) is 0 Å². The number of carbonyl (C=O) groups excluding carboxylic acids is 1. The molecule has 0 saturated heterocycles. The van der Waals surface area contributed by atoms with Gasteiger partial charge in [0.15, 0.2) is 0 Å². The van der Waals surface area contributed by atoms with E-state index in [0.29, 0.717) is 11.3 Å². The number of benzene rings is 1. The predicted molar refractivity (Wildman–Crippen MR) is 67.8 cm³/mol. The Morgan fingerprint density at radius 2 is 2.11 bits per heavy atom. The molecular formula is C13H19NO4. The highest BCUT2D eigenvalue weighted by molar-refractivity contribution is 5.70. The number of aliphatic hydroxyl groups excluding tert-OH is 2. The van der Waals surface area contributed by atoms with Crippen LogP contribution in [-0.2, 0) is 9.53 Å². The van der Waals surface area contributed by atoms with Crippen LogP contribution in [0.25, 0.3) is 0 Å². The summed E-state index contributed by atoms with van der Waals surface area (Å²) in [6.45, 7) is 3.73. The molecule has 0 amide bonds. The van der Waals surface area contributed by atoms with Crippen molar-refractivity contribution in [1.29, 1.82) is 0 Å². The van der Waals surface area contributed by atoms with Gasteiger partial charge in [-0.15, -0.1) is 0 Å². The van der Waals surface area contributed by atoms with Crippen molar-refractivity contribution in [2.75, 3.05) is 12.3 Å². The van der Waals surface area contributed by atoms with Gasteiger partial charge in [0.25, 0.3) is 0 Å². The van der Waals surface area contributed by atoms with Gasteiger partial charge in [-0.1, -0.05) is 6.07 Å². The van der Waals surface area contributed by atoms with E-state index in [0.717, 1.165) is 5.56 Å². The van der Waals surface area contributed by atoms with Crippen LogP contribution in [0.5, 0.6) is 0 Å². The smallest absolute Gasteiger partial charge is 0.308 e. The monoisotopic (exact) mass is 253 g/mol. The van der Waals surface area contributed by atoms with E-state index in [1.54, 1.807) is 32.0 Å². The van der Waals surface area contributed by atoms with Crippen LogP contribution < -0.4 is 5.73 Å². The molecule has 0 aromatic heterocycles. The minimum absolute atomic E-state index is 0.247. The first-order valence-corrected chi connectivity index (χ1v) is 5.83. The average Bonchev–Trinajstić information content (AvgIpc) is 2.31. The fourth-order valence-electron chi connectivity index (χ4n) is 1.69. The number of aryl methyl sites for hydroxylation is 1. The Hall–Kier alpha value is -1.59. The second-order valence-electron chi connectivity index (χ2n) is 4.14. The number of esters is 1. The largest absolute Gasteiger partial charge is 0.466 e. The first-order valence-electron chi connectivity index (χ1n) is 5.83. The van der Waals surface area contributed by atoms with Crippen molar-refractivity contribution in [2.24, 2.45) is 0 Å². The third-order valence-corrected chi connectivity index (χ3v) is 2.67. The molecule has 0 aliphatic heterocycles. The highest BCUT2D eigenvalue weighted by Gasteiger charge is 2.23. The van der Waals surface area contributed by atoms with Crippen LogP contribution in [0.4, 0.5) is 5.69 Å². The van der Waals surface area contributed by atoms with Gasteiger partial charge < -0.3 is 20.7 Å². The lowest BCUT2D eigenvalue weighted by molar-refractivity contribution is -0.147. The summed E-state index contributed by atoms with van der Waals surface area (Å²) in [6, 6.07) is 5.06. The number of ether oxygens (including phenoxy) is 1. The number of rotatable bonds is 5. The summed E-state index contributed by atoms with van der Waals surface area (Å²) < 4.78 is 4.72. The lowest BCUT2D eigenvalue weighted by Crippen LogP contribution is -2.23. The van der Waals surface area contributed by atoms with Crippen molar-refractivity contribution in [1.82, 2.24) is 0 Å². The summed E-state index contributed by atoms with van der Waals surface area (Å²) >= 11 is 0.